The summed E-state index contributed by atoms with van der Waals surface area (Å²) in [5, 5.41) is 9.91. The summed E-state index contributed by atoms with van der Waals surface area (Å²) in [6.07, 6.45) is 5.21. The SMILES string of the molecule is CC1CC(O)CCN(C(=O)c2cc(S(=O)(=O)N3CCCCC3)cn2C)C1. The summed E-state index contributed by atoms with van der Waals surface area (Å²) in [5.74, 6) is 0.0433. The molecule has 8 heteroatoms. The van der Waals surface area contributed by atoms with Crippen molar-refractivity contribution in [3.05, 3.63) is 18.0 Å². The number of sulfonamides is 1. The Kier molecular flexibility index (Phi) is 5.74. The van der Waals surface area contributed by atoms with E-state index in [2.05, 4.69) is 0 Å². The molecule has 2 atom stereocenters. The van der Waals surface area contributed by atoms with Gasteiger partial charge in [0, 0.05) is 39.4 Å². The first-order valence-corrected chi connectivity index (χ1v) is 10.9. The summed E-state index contributed by atoms with van der Waals surface area (Å²) in [4.78, 5) is 14.9. The van der Waals surface area contributed by atoms with Crippen LogP contribution >= 0.6 is 0 Å². The van der Waals surface area contributed by atoms with Gasteiger partial charge in [0.05, 0.1) is 6.10 Å². The summed E-state index contributed by atoms with van der Waals surface area (Å²) < 4.78 is 28.8. The van der Waals surface area contributed by atoms with E-state index in [0.717, 1.165) is 19.3 Å². The first-order valence-electron chi connectivity index (χ1n) is 9.43. The minimum atomic E-state index is -3.55. The molecule has 3 rings (SSSR count). The van der Waals surface area contributed by atoms with Crippen LogP contribution in [0.4, 0.5) is 0 Å². The monoisotopic (exact) mass is 383 g/mol. The van der Waals surface area contributed by atoms with Crippen molar-refractivity contribution in [1.29, 1.82) is 0 Å². The highest BCUT2D eigenvalue weighted by Gasteiger charge is 2.30. The molecule has 0 bridgehead atoms. The van der Waals surface area contributed by atoms with Crippen molar-refractivity contribution in [3.8, 4) is 0 Å². The largest absolute Gasteiger partial charge is 0.393 e. The Morgan fingerprint density at radius 1 is 1.19 bits per heavy atom. The smallest absolute Gasteiger partial charge is 0.270 e. The van der Waals surface area contributed by atoms with Crippen molar-refractivity contribution in [2.45, 2.75) is 50.0 Å². The Hall–Kier alpha value is -1.38. The van der Waals surface area contributed by atoms with E-state index in [9.17, 15) is 18.3 Å². The zero-order chi connectivity index (χ0) is 18.9. The van der Waals surface area contributed by atoms with Gasteiger partial charge >= 0.3 is 0 Å². The number of carbonyl (C=O) groups is 1. The summed E-state index contributed by atoms with van der Waals surface area (Å²) >= 11 is 0. The number of aliphatic hydroxyl groups excluding tert-OH is 1. The third-order valence-corrected chi connectivity index (χ3v) is 7.24. The van der Waals surface area contributed by atoms with E-state index in [0.29, 0.717) is 44.7 Å². The van der Waals surface area contributed by atoms with Crippen LogP contribution in [0, 0.1) is 5.92 Å². The number of likely N-dealkylation sites (tertiary alicyclic amines) is 1. The lowest BCUT2D eigenvalue weighted by molar-refractivity contribution is 0.0732. The molecular weight excluding hydrogens is 354 g/mol. The van der Waals surface area contributed by atoms with Gasteiger partial charge in [-0.3, -0.25) is 4.79 Å². The molecule has 0 radical (unpaired) electrons. The van der Waals surface area contributed by atoms with Crippen LogP contribution in [0.3, 0.4) is 0 Å². The van der Waals surface area contributed by atoms with Crippen LogP contribution in [0.1, 0.15) is 49.5 Å². The molecule has 26 heavy (non-hydrogen) atoms. The molecule has 2 fully saturated rings. The quantitative estimate of drug-likeness (QED) is 0.856. The second kappa shape index (κ2) is 7.70. The number of rotatable bonds is 3. The van der Waals surface area contributed by atoms with Crippen LogP contribution in [-0.2, 0) is 17.1 Å². The van der Waals surface area contributed by atoms with Crippen LogP contribution < -0.4 is 0 Å². The molecule has 1 N–H and O–H groups in total. The van der Waals surface area contributed by atoms with Gasteiger partial charge in [0.25, 0.3) is 5.91 Å². The third-order valence-electron chi connectivity index (χ3n) is 5.38. The molecule has 2 saturated heterocycles. The van der Waals surface area contributed by atoms with Crippen LogP contribution in [-0.4, -0.2) is 65.5 Å². The van der Waals surface area contributed by atoms with Gasteiger partial charge in [0.2, 0.25) is 10.0 Å². The number of carbonyl (C=O) groups excluding carboxylic acids is 1. The lowest BCUT2D eigenvalue weighted by Gasteiger charge is -2.25. The Morgan fingerprint density at radius 2 is 1.88 bits per heavy atom. The average molecular weight is 384 g/mol. The normalized spacial score (nSPS) is 25.9. The molecule has 1 aromatic rings. The molecule has 1 amide bonds. The van der Waals surface area contributed by atoms with Crippen molar-refractivity contribution in [1.82, 2.24) is 13.8 Å². The standard InChI is InChI=1S/C18H29N3O4S/c1-14-10-15(22)6-9-20(12-14)18(23)17-11-16(13-19(17)2)26(24,25)21-7-4-3-5-8-21/h11,13-15,22H,3-10,12H2,1-2H3. The van der Waals surface area contributed by atoms with Crippen LogP contribution in [0.2, 0.25) is 0 Å². The van der Waals surface area contributed by atoms with Crippen LogP contribution in [0.5, 0.6) is 0 Å². The molecule has 0 aliphatic carbocycles. The van der Waals surface area contributed by atoms with Gasteiger partial charge in [0.1, 0.15) is 10.6 Å². The fourth-order valence-electron chi connectivity index (χ4n) is 3.92. The second-order valence-electron chi connectivity index (χ2n) is 7.67. The van der Waals surface area contributed by atoms with Crippen molar-refractivity contribution in [3.63, 3.8) is 0 Å². The topological polar surface area (TPSA) is 82.8 Å². The van der Waals surface area contributed by atoms with Gasteiger partial charge in [-0.05, 0) is 37.7 Å². The van der Waals surface area contributed by atoms with Gasteiger partial charge in [-0.15, -0.1) is 0 Å². The summed E-state index contributed by atoms with van der Waals surface area (Å²) in [6, 6.07) is 1.50. The van der Waals surface area contributed by atoms with E-state index in [1.807, 2.05) is 6.92 Å². The Bertz CT molecular complexity index is 752. The van der Waals surface area contributed by atoms with E-state index in [4.69, 9.17) is 0 Å². The predicted octanol–water partition coefficient (Wildman–Crippen LogP) is 1.43. The minimum Gasteiger partial charge on any atom is -0.393 e. The van der Waals surface area contributed by atoms with E-state index in [1.165, 1.54) is 16.6 Å². The van der Waals surface area contributed by atoms with Crippen molar-refractivity contribution >= 4 is 15.9 Å². The summed E-state index contributed by atoms with van der Waals surface area (Å²) in [7, 11) is -1.85. The van der Waals surface area contributed by atoms with E-state index < -0.39 is 10.0 Å². The molecule has 3 heterocycles. The van der Waals surface area contributed by atoms with Crippen LogP contribution in [0.25, 0.3) is 0 Å². The fourth-order valence-corrected chi connectivity index (χ4v) is 5.51. The average Bonchev–Trinajstić information content (AvgIpc) is 2.92. The van der Waals surface area contributed by atoms with Crippen LogP contribution in [0.15, 0.2) is 17.2 Å². The van der Waals surface area contributed by atoms with Gasteiger partial charge < -0.3 is 14.6 Å². The molecule has 0 saturated carbocycles. The maximum Gasteiger partial charge on any atom is 0.270 e. The molecule has 146 valence electrons. The fraction of sp³-hybridized carbons (Fsp3) is 0.722. The van der Waals surface area contributed by atoms with E-state index in [-0.39, 0.29) is 22.8 Å². The first kappa shape index (κ1) is 19.4. The molecule has 2 aliphatic heterocycles. The number of nitrogens with zero attached hydrogens (tertiary/aromatic N) is 3. The number of piperidine rings is 1. The van der Waals surface area contributed by atoms with Crippen molar-refractivity contribution < 1.29 is 18.3 Å². The summed E-state index contributed by atoms with van der Waals surface area (Å²) in [6.45, 7) is 4.18. The highest BCUT2D eigenvalue weighted by molar-refractivity contribution is 7.89. The number of aliphatic hydroxyl groups is 1. The Morgan fingerprint density at radius 3 is 2.58 bits per heavy atom. The number of hydrogen-bond acceptors (Lipinski definition) is 4. The zero-order valence-corrected chi connectivity index (χ0v) is 16.4. The summed E-state index contributed by atoms with van der Waals surface area (Å²) in [5.41, 5.74) is 0.379. The van der Waals surface area contributed by atoms with E-state index >= 15 is 0 Å². The number of aryl methyl sites for hydroxylation is 1. The number of hydrogen-bond donors (Lipinski definition) is 1. The molecule has 2 unspecified atom stereocenters. The molecule has 1 aromatic heterocycles. The lowest BCUT2D eigenvalue weighted by atomic mass is 10.0. The van der Waals surface area contributed by atoms with Crippen molar-refractivity contribution in [2.75, 3.05) is 26.2 Å². The van der Waals surface area contributed by atoms with E-state index in [1.54, 1.807) is 16.5 Å². The highest BCUT2D eigenvalue weighted by Crippen LogP contribution is 2.24. The first-order chi connectivity index (χ1) is 12.3. The molecule has 0 aromatic carbocycles. The Labute approximate surface area is 155 Å². The second-order valence-corrected chi connectivity index (χ2v) is 9.61. The van der Waals surface area contributed by atoms with Gasteiger partial charge in [-0.25, -0.2) is 8.42 Å². The van der Waals surface area contributed by atoms with Gasteiger partial charge in [-0.2, -0.15) is 4.31 Å². The maximum atomic E-state index is 13.0. The molecule has 2 aliphatic rings. The Balaban J connectivity index is 1.82. The minimum absolute atomic E-state index is 0.173. The molecule has 7 nitrogen and oxygen atoms in total. The molecular formula is C18H29N3O4S. The third kappa shape index (κ3) is 3.97. The lowest BCUT2D eigenvalue weighted by Crippen LogP contribution is -2.35. The van der Waals surface area contributed by atoms with Crippen molar-refractivity contribution in [2.24, 2.45) is 13.0 Å². The molecule has 0 spiro atoms. The van der Waals surface area contributed by atoms with Gasteiger partial charge in [-0.1, -0.05) is 13.3 Å². The highest BCUT2D eigenvalue weighted by atomic mass is 32.2. The predicted molar refractivity (Wildman–Crippen MR) is 98.3 cm³/mol. The zero-order valence-electron chi connectivity index (χ0n) is 15.6. The number of amides is 1. The number of aromatic nitrogens is 1. The maximum absolute atomic E-state index is 13.0. The van der Waals surface area contributed by atoms with Gasteiger partial charge in [0.15, 0.2) is 0 Å².